The van der Waals surface area contributed by atoms with Gasteiger partial charge in [0.2, 0.25) is 0 Å². The van der Waals surface area contributed by atoms with Crippen molar-refractivity contribution in [1.29, 1.82) is 0 Å². The van der Waals surface area contributed by atoms with Crippen molar-refractivity contribution in [2.24, 2.45) is 11.7 Å². The van der Waals surface area contributed by atoms with Gasteiger partial charge in [-0.3, -0.25) is 4.79 Å². The maximum atomic E-state index is 10.4. The maximum absolute atomic E-state index is 10.4. The smallest absolute Gasteiger partial charge is 0.306 e. The van der Waals surface area contributed by atoms with Crippen LogP contribution in [0, 0.1) is 5.92 Å². The van der Waals surface area contributed by atoms with E-state index in [1.807, 2.05) is 6.92 Å². The molecule has 0 aromatic heterocycles. The average molecular weight is 414 g/mol. The summed E-state index contributed by atoms with van der Waals surface area (Å²) in [6.07, 6.45) is 26.6. The summed E-state index contributed by atoms with van der Waals surface area (Å²) in [5.74, 6) is -0.754. The van der Waals surface area contributed by atoms with Crippen LogP contribution in [0.25, 0.3) is 0 Å². The topological polar surface area (TPSA) is 63.3 Å². The van der Waals surface area contributed by atoms with Crippen LogP contribution in [0.2, 0.25) is 0 Å². The molecule has 0 saturated heterocycles. The van der Waals surface area contributed by atoms with Crippen LogP contribution < -0.4 is 5.73 Å². The van der Waals surface area contributed by atoms with Crippen LogP contribution in [-0.4, -0.2) is 17.6 Å². The van der Waals surface area contributed by atoms with E-state index in [9.17, 15) is 4.79 Å². The Kier molecular flexibility index (Phi) is 29.0. The maximum Gasteiger partial charge on any atom is 0.306 e. The average Bonchev–Trinajstić information content (AvgIpc) is 2.72. The Morgan fingerprint density at radius 2 is 0.966 bits per heavy atom. The summed E-state index contributed by atoms with van der Waals surface area (Å²) in [5.41, 5.74) is 5.48. The summed E-state index contributed by atoms with van der Waals surface area (Å²) in [6.45, 7) is 7.17. The van der Waals surface area contributed by atoms with Crippen LogP contribution in [0.5, 0.6) is 0 Å². The van der Waals surface area contributed by atoms with E-state index in [2.05, 4.69) is 13.8 Å². The Morgan fingerprint density at radius 3 is 1.24 bits per heavy atom. The molecule has 0 aliphatic carbocycles. The first-order valence-corrected chi connectivity index (χ1v) is 13.1. The number of rotatable bonds is 21. The van der Waals surface area contributed by atoms with Gasteiger partial charge in [-0.2, -0.15) is 0 Å². The molecule has 0 amide bonds. The van der Waals surface area contributed by atoms with Gasteiger partial charge in [0.1, 0.15) is 0 Å². The summed E-state index contributed by atoms with van der Waals surface area (Å²) in [5, 5.41) is 8.60. The van der Waals surface area contributed by atoms with Gasteiger partial charge in [-0.25, -0.2) is 0 Å². The van der Waals surface area contributed by atoms with E-state index in [-0.39, 0.29) is 5.92 Å². The molecule has 0 aromatic carbocycles. The highest BCUT2D eigenvalue weighted by molar-refractivity contribution is 5.69. The molecule has 0 rings (SSSR count). The molecule has 1 atom stereocenters. The molecule has 0 spiro atoms. The number of hydrogen-bond donors (Lipinski definition) is 2. The third-order valence-corrected chi connectivity index (χ3v) is 5.81. The normalized spacial score (nSPS) is 11.7. The predicted octanol–water partition coefficient (Wildman–Crippen LogP) is 8.49. The zero-order chi connectivity index (χ0) is 22.0. The third-order valence-electron chi connectivity index (χ3n) is 5.81. The Balaban J connectivity index is 0. The Morgan fingerprint density at radius 1 is 0.621 bits per heavy atom. The molecule has 3 N–H and O–H groups in total. The molecule has 3 nitrogen and oxygen atoms in total. The van der Waals surface area contributed by atoms with E-state index in [1.165, 1.54) is 103 Å². The summed E-state index contributed by atoms with van der Waals surface area (Å²) in [7, 11) is 0. The number of carboxylic acids is 1. The fourth-order valence-corrected chi connectivity index (χ4v) is 3.65. The molecular formula is C26H55NO2. The quantitative estimate of drug-likeness (QED) is 0.185. The van der Waals surface area contributed by atoms with Gasteiger partial charge in [0.25, 0.3) is 0 Å². The summed E-state index contributed by atoms with van der Waals surface area (Å²) >= 11 is 0. The molecular weight excluding hydrogens is 358 g/mol. The number of unbranched alkanes of at least 4 members (excludes halogenated alkanes) is 16. The summed E-state index contributed by atoms with van der Waals surface area (Å²) < 4.78 is 0. The van der Waals surface area contributed by atoms with E-state index in [0.29, 0.717) is 0 Å². The van der Waals surface area contributed by atoms with Crippen molar-refractivity contribution in [2.45, 2.75) is 149 Å². The van der Waals surface area contributed by atoms with Gasteiger partial charge in [0.15, 0.2) is 0 Å². The van der Waals surface area contributed by atoms with Crippen LogP contribution in [0.3, 0.4) is 0 Å². The van der Waals surface area contributed by atoms with Gasteiger partial charge in [0, 0.05) is 0 Å². The zero-order valence-electron chi connectivity index (χ0n) is 20.4. The fourth-order valence-electron chi connectivity index (χ4n) is 3.65. The molecule has 1 unspecified atom stereocenters. The second-order valence-electron chi connectivity index (χ2n) is 8.68. The summed E-state index contributed by atoms with van der Waals surface area (Å²) in [6, 6.07) is 0. The van der Waals surface area contributed by atoms with Crippen molar-refractivity contribution < 1.29 is 9.90 Å². The molecule has 0 radical (unpaired) electrons. The molecule has 0 fully saturated rings. The van der Waals surface area contributed by atoms with Crippen molar-refractivity contribution >= 4 is 5.97 Å². The lowest BCUT2D eigenvalue weighted by atomic mass is 10.00. The van der Waals surface area contributed by atoms with Gasteiger partial charge < -0.3 is 10.8 Å². The van der Waals surface area contributed by atoms with E-state index in [0.717, 1.165) is 32.2 Å². The lowest BCUT2D eigenvalue weighted by Crippen LogP contribution is -2.11. The Bertz CT molecular complexity index is 291. The van der Waals surface area contributed by atoms with Gasteiger partial charge >= 0.3 is 5.97 Å². The molecule has 0 heterocycles. The molecule has 0 aromatic rings. The molecule has 0 aliphatic rings. The first-order valence-electron chi connectivity index (χ1n) is 13.1. The number of carbonyl (C=O) groups is 1. The lowest BCUT2D eigenvalue weighted by molar-refractivity contribution is -0.142. The Hall–Kier alpha value is -0.570. The van der Waals surface area contributed by atoms with Crippen LogP contribution in [0.4, 0.5) is 0 Å². The number of carboxylic acid groups (broad SMARTS) is 1. The second kappa shape index (κ2) is 27.4. The molecule has 3 heteroatoms. The highest BCUT2D eigenvalue weighted by atomic mass is 16.4. The van der Waals surface area contributed by atoms with Crippen LogP contribution >= 0.6 is 0 Å². The molecule has 176 valence electrons. The van der Waals surface area contributed by atoms with Crippen LogP contribution in [0.15, 0.2) is 0 Å². The largest absolute Gasteiger partial charge is 0.481 e. The van der Waals surface area contributed by atoms with Gasteiger partial charge in [-0.15, -0.1) is 0 Å². The van der Waals surface area contributed by atoms with E-state index < -0.39 is 5.97 Å². The molecule has 0 saturated carbocycles. The zero-order valence-corrected chi connectivity index (χ0v) is 20.4. The van der Waals surface area contributed by atoms with E-state index >= 15 is 0 Å². The van der Waals surface area contributed by atoms with Gasteiger partial charge in [-0.05, 0) is 25.8 Å². The summed E-state index contributed by atoms with van der Waals surface area (Å²) in [4.78, 5) is 10.4. The molecule has 0 aliphatic heterocycles. The first kappa shape index (κ1) is 30.6. The Labute approximate surface area is 183 Å². The second-order valence-corrected chi connectivity index (χ2v) is 8.68. The van der Waals surface area contributed by atoms with Gasteiger partial charge in [-0.1, -0.05) is 130 Å². The monoisotopic (exact) mass is 413 g/mol. The van der Waals surface area contributed by atoms with E-state index in [4.69, 9.17) is 10.8 Å². The molecule has 0 bridgehead atoms. The van der Waals surface area contributed by atoms with Gasteiger partial charge in [0.05, 0.1) is 5.92 Å². The van der Waals surface area contributed by atoms with Crippen LogP contribution in [-0.2, 0) is 4.79 Å². The van der Waals surface area contributed by atoms with Crippen LogP contribution in [0.1, 0.15) is 149 Å². The standard InChI is InChI=1S/C18H39N.C8H16O2/c1-2-3-4-5-6-7-8-9-10-11-12-13-14-15-16-17-18-19;1-3-5-6-7(4-2)8(9)10/h2-19H2,1H3;7H,3-6H2,1-2H3,(H,9,10). The minimum atomic E-state index is -0.643. The minimum absolute atomic E-state index is 0.111. The highest BCUT2D eigenvalue weighted by Gasteiger charge is 2.12. The van der Waals surface area contributed by atoms with Crippen molar-refractivity contribution in [1.82, 2.24) is 0 Å². The molecule has 29 heavy (non-hydrogen) atoms. The first-order chi connectivity index (χ1) is 14.1. The van der Waals surface area contributed by atoms with Crippen molar-refractivity contribution in [3.63, 3.8) is 0 Å². The van der Waals surface area contributed by atoms with E-state index in [1.54, 1.807) is 0 Å². The number of aliphatic carboxylic acids is 1. The fraction of sp³-hybridized carbons (Fsp3) is 0.962. The highest BCUT2D eigenvalue weighted by Crippen LogP contribution is 2.13. The van der Waals surface area contributed by atoms with Crippen molar-refractivity contribution in [2.75, 3.05) is 6.54 Å². The van der Waals surface area contributed by atoms with Crippen molar-refractivity contribution in [3.05, 3.63) is 0 Å². The predicted molar refractivity (Wildman–Crippen MR) is 130 cm³/mol. The lowest BCUT2D eigenvalue weighted by Gasteiger charge is -2.06. The minimum Gasteiger partial charge on any atom is -0.481 e. The number of nitrogens with two attached hydrogens (primary N) is 1. The van der Waals surface area contributed by atoms with Crippen molar-refractivity contribution in [3.8, 4) is 0 Å². The SMILES string of the molecule is CCCCC(CC)C(=O)O.CCCCCCCCCCCCCCCCCCN. The third kappa shape index (κ3) is 27.4. The number of hydrogen-bond acceptors (Lipinski definition) is 2.